The third kappa shape index (κ3) is 2.86. The van der Waals surface area contributed by atoms with E-state index in [1.54, 1.807) is 7.11 Å². The topological polar surface area (TPSA) is 30.5 Å². The zero-order valence-electron chi connectivity index (χ0n) is 11.9. The lowest BCUT2D eigenvalue weighted by Gasteiger charge is -2.39. The molecule has 4 heteroatoms. The maximum Gasteiger partial charge on any atom is 0.106 e. The van der Waals surface area contributed by atoms with Crippen LogP contribution >= 0.6 is 11.6 Å². The van der Waals surface area contributed by atoms with Gasteiger partial charge in [0.1, 0.15) is 5.60 Å². The Balaban J connectivity index is 1.48. The highest BCUT2D eigenvalue weighted by Crippen LogP contribution is 2.40. The number of ether oxygens (including phenoxy) is 2. The number of hydrogen-bond acceptors (Lipinski definition) is 3. The Labute approximate surface area is 125 Å². The lowest BCUT2D eigenvalue weighted by Crippen LogP contribution is -2.49. The van der Waals surface area contributed by atoms with Gasteiger partial charge in [-0.25, -0.2) is 0 Å². The average molecular weight is 296 g/mol. The first-order valence-electron chi connectivity index (χ1n) is 7.33. The smallest absolute Gasteiger partial charge is 0.106 e. The molecule has 0 radical (unpaired) electrons. The van der Waals surface area contributed by atoms with Gasteiger partial charge in [0, 0.05) is 37.7 Å². The summed E-state index contributed by atoms with van der Waals surface area (Å²) in [5.41, 5.74) is 1.17. The lowest BCUT2D eigenvalue weighted by molar-refractivity contribution is -0.0196. The Morgan fingerprint density at radius 1 is 1.40 bits per heavy atom. The van der Waals surface area contributed by atoms with Crippen molar-refractivity contribution in [2.45, 2.75) is 36.8 Å². The maximum atomic E-state index is 6.25. The van der Waals surface area contributed by atoms with Crippen LogP contribution in [0.1, 0.15) is 30.7 Å². The van der Waals surface area contributed by atoms with Gasteiger partial charge in [0.2, 0.25) is 0 Å². The summed E-state index contributed by atoms with van der Waals surface area (Å²) in [6.45, 7) is 2.39. The summed E-state index contributed by atoms with van der Waals surface area (Å²) in [5.74, 6) is 0.597. The van der Waals surface area contributed by atoms with Crippen molar-refractivity contribution in [2.24, 2.45) is 0 Å². The molecule has 0 spiro atoms. The molecule has 3 nitrogen and oxygen atoms in total. The first-order chi connectivity index (χ1) is 9.72. The third-order valence-corrected chi connectivity index (χ3v) is 5.04. The zero-order valence-corrected chi connectivity index (χ0v) is 12.7. The first kappa shape index (κ1) is 14.3. The van der Waals surface area contributed by atoms with Gasteiger partial charge in [-0.15, -0.1) is 0 Å². The summed E-state index contributed by atoms with van der Waals surface area (Å²) < 4.78 is 11.1. The van der Waals surface area contributed by atoms with Gasteiger partial charge >= 0.3 is 0 Å². The van der Waals surface area contributed by atoms with Crippen LogP contribution in [0.3, 0.4) is 0 Å². The van der Waals surface area contributed by atoms with Crippen molar-refractivity contribution in [2.75, 3.05) is 26.9 Å². The maximum absolute atomic E-state index is 6.25. The van der Waals surface area contributed by atoms with E-state index < -0.39 is 0 Å². The zero-order chi connectivity index (χ0) is 14.0. The Kier molecular flexibility index (Phi) is 4.32. The van der Waals surface area contributed by atoms with E-state index in [1.807, 2.05) is 12.1 Å². The van der Waals surface area contributed by atoms with Crippen LogP contribution in [0.15, 0.2) is 24.3 Å². The van der Waals surface area contributed by atoms with Crippen molar-refractivity contribution >= 4 is 11.6 Å². The molecule has 1 aromatic carbocycles. The van der Waals surface area contributed by atoms with Crippen LogP contribution in [-0.4, -0.2) is 38.5 Å². The van der Waals surface area contributed by atoms with Crippen molar-refractivity contribution in [3.05, 3.63) is 34.9 Å². The summed E-state index contributed by atoms with van der Waals surface area (Å²) >= 11 is 6.25. The molecule has 0 aromatic heterocycles. The monoisotopic (exact) mass is 295 g/mol. The molecule has 1 aromatic rings. The summed E-state index contributed by atoms with van der Waals surface area (Å²) in [7, 11) is 1.78. The SMILES string of the molecule is COC1(CNC2CC(c3ccccc3Cl)C2)CCOC1. The largest absolute Gasteiger partial charge is 0.378 e. The second kappa shape index (κ2) is 6.02. The van der Waals surface area contributed by atoms with Gasteiger partial charge in [0.15, 0.2) is 0 Å². The molecular weight excluding hydrogens is 274 g/mol. The second-order valence-corrected chi connectivity index (χ2v) is 6.36. The van der Waals surface area contributed by atoms with Crippen LogP contribution in [0.5, 0.6) is 0 Å². The highest BCUT2D eigenvalue weighted by atomic mass is 35.5. The number of hydrogen-bond donors (Lipinski definition) is 1. The third-order valence-electron chi connectivity index (χ3n) is 4.70. The van der Waals surface area contributed by atoms with Gasteiger partial charge in [-0.2, -0.15) is 0 Å². The van der Waals surface area contributed by atoms with Crippen LogP contribution in [0, 0.1) is 0 Å². The Hall–Kier alpha value is -0.610. The van der Waals surface area contributed by atoms with Gasteiger partial charge in [-0.05, 0) is 30.4 Å². The van der Waals surface area contributed by atoms with Crippen molar-refractivity contribution in [1.82, 2.24) is 5.32 Å². The minimum absolute atomic E-state index is 0.116. The second-order valence-electron chi connectivity index (χ2n) is 5.96. The van der Waals surface area contributed by atoms with Crippen molar-refractivity contribution < 1.29 is 9.47 Å². The Morgan fingerprint density at radius 3 is 2.85 bits per heavy atom. The molecule has 3 rings (SSSR count). The fourth-order valence-electron chi connectivity index (χ4n) is 3.14. The van der Waals surface area contributed by atoms with Crippen LogP contribution in [0.2, 0.25) is 5.02 Å². The number of benzene rings is 1. The molecule has 1 aliphatic heterocycles. The normalized spacial score (nSPS) is 33.1. The van der Waals surface area contributed by atoms with E-state index in [9.17, 15) is 0 Å². The molecule has 1 N–H and O–H groups in total. The molecule has 20 heavy (non-hydrogen) atoms. The number of halogens is 1. The highest BCUT2D eigenvalue weighted by molar-refractivity contribution is 6.31. The summed E-state index contributed by atoms with van der Waals surface area (Å²) in [4.78, 5) is 0. The van der Waals surface area contributed by atoms with E-state index in [0.717, 1.165) is 37.4 Å². The molecular formula is C16H22ClNO2. The number of rotatable bonds is 5. The predicted octanol–water partition coefficient (Wildman–Crippen LogP) is 2.98. The van der Waals surface area contributed by atoms with Gasteiger partial charge in [0.05, 0.1) is 6.61 Å². The van der Waals surface area contributed by atoms with Gasteiger partial charge in [0.25, 0.3) is 0 Å². The van der Waals surface area contributed by atoms with Crippen LogP contribution in [0.4, 0.5) is 0 Å². The van der Waals surface area contributed by atoms with E-state index in [-0.39, 0.29) is 5.60 Å². The van der Waals surface area contributed by atoms with E-state index >= 15 is 0 Å². The minimum atomic E-state index is -0.116. The number of nitrogens with one attached hydrogen (secondary N) is 1. The van der Waals surface area contributed by atoms with Crippen molar-refractivity contribution in [3.63, 3.8) is 0 Å². The molecule has 0 bridgehead atoms. The van der Waals surface area contributed by atoms with Crippen LogP contribution in [-0.2, 0) is 9.47 Å². The fraction of sp³-hybridized carbons (Fsp3) is 0.625. The molecule has 1 heterocycles. The Morgan fingerprint density at radius 2 is 2.20 bits per heavy atom. The molecule has 1 aliphatic carbocycles. The van der Waals surface area contributed by atoms with Crippen LogP contribution in [0.25, 0.3) is 0 Å². The molecule has 1 saturated heterocycles. The van der Waals surface area contributed by atoms with Gasteiger partial charge in [-0.3, -0.25) is 0 Å². The molecule has 1 saturated carbocycles. The fourth-order valence-corrected chi connectivity index (χ4v) is 3.43. The summed E-state index contributed by atoms with van der Waals surface area (Å²) in [5, 5.41) is 4.52. The molecule has 0 amide bonds. The standard InChI is InChI=1S/C16H22ClNO2/c1-19-16(6-7-20-11-16)10-18-13-8-12(9-13)14-4-2-3-5-15(14)17/h2-5,12-13,18H,6-11H2,1H3. The van der Waals surface area contributed by atoms with Gasteiger partial charge in [-0.1, -0.05) is 29.8 Å². The van der Waals surface area contributed by atoms with E-state index in [1.165, 1.54) is 5.56 Å². The molecule has 110 valence electrons. The quantitative estimate of drug-likeness (QED) is 0.906. The van der Waals surface area contributed by atoms with Crippen molar-refractivity contribution in [3.8, 4) is 0 Å². The van der Waals surface area contributed by atoms with Gasteiger partial charge < -0.3 is 14.8 Å². The highest BCUT2D eigenvalue weighted by Gasteiger charge is 2.37. The summed E-state index contributed by atoms with van der Waals surface area (Å²) in [6, 6.07) is 8.75. The molecule has 1 atom stereocenters. The molecule has 1 unspecified atom stereocenters. The lowest BCUT2D eigenvalue weighted by atomic mass is 9.75. The molecule has 2 fully saturated rings. The van der Waals surface area contributed by atoms with Crippen LogP contribution < -0.4 is 5.32 Å². The van der Waals surface area contributed by atoms with Crippen molar-refractivity contribution in [1.29, 1.82) is 0 Å². The predicted molar refractivity (Wildman–Crippen MR) is 80.4 cm³/mol. The minimum Gasteiger partial charge on any atom is -0.378 e. The first-order valence-corrected chi connectivity index (χ1v) is 7.71. The van der Waals surface area contributed by atoms with E-state index in [0.29, 0.717) is 18.6 Å². The number of methoxy groups -OCH3 is 1. The van der Waals surface area contributed by atoms with E-state index in [2.05, 4.69) is 17.4 Å². The Bertz CT molecular complexity index is 454. The summed E-state index contributed by atoms with van der Waals surface area (Å²) in [6.07, 6.45) is 3.30. The average Bonchev–Trinajstić information content (AvgIpc) is 2.88. The molecule has 2 aliphatic rings. The van der Waals surface area contributed by atoms with E-state index in [4.69, 9.17) is 21.1 Å².